The van der Waals surface area contributed by atoms with Gasteiger partial charge in [0, 0.05) is 12.1 Å². The molecule has 0 bridgehead atoms. The van der Waals surface area contributed by atoms with Crippen LogP contribution in [0.1, 0.15) is 60.5 Å². The summed E-state index contributed by atoms with van der Waals surface area (Å²) >= 11 is 0. The van der Waals surface area contributed by atoms with Crippen molar-refractivity contribution >= 4 is 23.5 Å². The minimum atomic E-state index is -1.15. The number of hydrogen-bond acceptors (Lipinski definition) is 7. The van der Waals surface area contributed by atoms with Crippen molar-refractivity contribution in [2.24, 2.45) is 0 Å². The molecule has 0 heterocycles. The van der Waals surface area contributed by atoms with Crippen molar-refractivity contribution in [1.29, 1.82) is 0 Å². The number of ether oxygens (including phenoxy) is 3. The molecule has 0 saturated heterocycles. The normalized spacial score (nSPS) is 11.2. The Morgan fingerprint density at radius 1 is 0.814 bits per heavy atom. The van der Waals surface area contributed by atoms with Crippen LogP contribution < -0.4 is 24.8 Å². The number of unbranched alkanes of at least 4 members (excludes halogenated alkanes) is 4. The predicted molar refractivity (Wildman–Crippen MR) is 165 cm³/mol. The molecule has 43 heavy (non-hydrogen) atoms. The van der Waals surface area contributed by atoms with Gasteiger partial charge in [0.2, 0.25) is 5.91 Å². The van der Waals surface area contributed by atoms with E-state index >= 15 is 0 Å². The molecule has 1 atom stereocenters. The number of carbonyl (C=O) groups excluding carboxylic acids is 2. The fourth-order valence-corrected chi connectivity index (χ4v) is 4.26. The smallest absolute Gasteiger partial charge is 0.343 e. The lowest BCUT2D eigenvalue weighted by Gasteiger charge is -2.21. The van der Waals surface area contributed by atoms with Crippen LogP contribution in [-0.2, 0) is 16.0 Å². The molecule has 3 rings (SSSR count). The summed E-state index contributed by atoms with van der Waals surface area (Å²) in [5, 5.41) is 14.5. The highest BCUT2D eigenvalue weighted by molar-refractivity contribution is 5.91. The third-order valence-corrected chi connectivity index (χ3v) is 6.70. The summed E-state index contributed by atoms with van der Waals surface area (Å²) in [5.41, 5.74) is 2.41. The molecule has 1 amide bonds. The first-order valence-electron chi connectivity index (χ1n) is 14.4. The standard InChI is InChI=1S/C34H40N2O7/c1-4-5-6-7-8-21-42-29-19-13-27(14-20-29)34(40)43-30-15-9-25(10-16-30)22-31(33(39)35-23-32(37)38)36-24(2)26-11-17-28(41-3)18-12-26/h9-20,31,36H,2,4-8,21-23H2,1,3H3,(H,35,39)(H,37,38)/t31-/m0/s1. The van der Waals surface area contributed by atoms with Gasteiger partial charge in [0.1, 0.15) is 29.8 Å². The lowest BCUT2D eigenvalue weighted by atomic mass is 10.0. The number of carbonyl (C=O) groups is 3. The van der Waals surface area contributed by atoms with E-state index in [1.807, 2.05) is 0 Å². The number of amides is 1. The average molecular weight is 589 g/mol. The number of rotatable bonds is 18. The number of carboxylic acid groups (broad SMARTS) is 1. The lowest BCUT2D eigenvalue weighted by molar-refractivity contribution is -0.138. The fourth-order valence-electron chi connectivity index (χ4n) is 4.26. The molecule has 0 aliphatic rings. The van der Waals surface area contributed by atoms with Crippen LogP contribution in [0.15, 0.2) is 79.4 Å². The van der Waals surface area contributed by atoms with Gasteiger partial charge >= 0.3 is 11.9 Å². The minimum absolute atomic E-state index is 0.231. The van der Waals surface area contributed by atoms with Gasteiger partial charge in [-0.05, 0) is 78.2 Å². The number of benzene rings is 3. The first-order valence-corrected chi connectivity index (χ1v) is 14.4. The van der Waals surface area contributed by atoms with E-state index < -0.39 is 30.4 Å². The van der Waals surface area contributed by atoms with Gasteiger partial charge < -0.3 is 30.0 Å². The molecule has 0 aromatic heterocycles. The number of aliphatic carboxylic acids is 1. The van der Waals surface area contributed by atoms with E-state index in [2.05, 4.69) is 24.1 Å². The van der Waals surface area contributed by atoms with Gasteiger partial charge in [-0.15, -0.1) is 0 Å². The van der Waals surface area contributed by atoms with E-state index in [-0.39, 0.29) is 6.42 Å². The molecule has 228 valence electrons. The first-order chi connectivity index (χ1) is 20.8. The third-order valence-electron chi connectivity index (χ3n) is 6.70. The van der Waals surface area contributed by atoms with Crippen molar-refractivity contribution in [3.63, 3.8) is 0 Å². The predicted octanol–water partition coefficient (Wildman–Crippen LogP) is 5.64. The summed E-state index contributed by atoms with van der Waals surface area (Å²) in [6.45, 7) is 6.36. The monoisotopic (exact) mass is 588 g/mol. The number of methoxy groups -OCH3 is 1. The average Bonchev–Trinajstić information content (AvgIpc) is 3.02. The second-order valence-corrected chi connectivity index (χ2v) is 10.0. The van der Waals surface area contributed by atoms with E-state index in [9.17, 15) is 14.4 Å². The largest absolute Gasteiger partial charge is 0.497 e. The van der Waals surface area contributed by atoms with Crippen LogP contribution in [0.5, 0.6) is 17.2 Å². The second-order valence-electron chi connectivity index (χ2n) is 10.0. The topological polar surface area (TPSA) is 123 Å². The summed E-state index contributed by atoms with van der Waals surface area (Å²) in [6.07, 6.45) is 6.04. The Hall–Kier alpha value is -4.79. The molecule has 0 unspecified atom stereocenters. The lowest BCUT2D eigenvalue weighted by Crippen LogP contribution is -2.46. The van der Waals surface area contributed by atoms with E-state index in [1.54, 1.807) is 79.9 Å². The quantitative estimate of drug-likeness (QED) is 0.0992. The van der Waals surface area contributed by atoms with Crippen molar-refractivity contribution in [1.82, 2.24) is 10.6 Å². The molecule has 3 aromatic carbocycles. The molecule has 3 N–H and O–H groups in total. The summed E-state index contributed by atoms with van der Waals surface area (Å²) in [5.74, 6) is -0.390. The van der Waals surface area contributed by atoms with E-state index in [0.29, 0.717) is 35.1 Å². The Bertz CT molecular complexity index is 1340. The SMILES string of the molecule is C=C(N[C@@H](Cc1ccc(OC(=O)c2ccc(OCCCCCCC)cc2)cc1)C(=O)NCC(=O)O)c1ccc(OC)cc1. The Morgan fingerprint density at radius 2 is 1.42 bits per heavy atom. The molecule has 0 aliphatic heterocycles. The molecule has 3 aromatic rings. The number of hydrogen-bond donors (Lipinski definition) is 3. The molecular formula is C34H40N2O7. The summed E-state index contributed by atoms with van der Waals surface area (Å²) < 4.78 is 16.5. The van der Waals surface area contributed by atoms with Crippen molar-refractivity contribution in [2.45, 2.75) is 51.5 Å². The van der Waals surface area contributed by atoms with Gasteiger partial charge in [-0.3, -0.25) is 9.59 Å². The maximum Gasteiger partial charge on any atom is 0.343 e. The van der Waals surface area contributed by atoms with Crippen LogP contribution in [0.3, 0.4) is 0 Å². The Morgan fingerprint density at radius 3 is 2.05 bits per heavy atom. The zero-order chi connectivity index (χ0) is 31.0. The van der Waals surface area contributed by atoms with Gasteiger partial charge in [0.05, 0.1) is 19.3 Å². The van der Waals surface area contributed by atoms with Crippen molar-refractivity contribution in [2.75, 3.05) is 20.3 Å². The molecule has 9 nitrogen and oxygen atoms in total. The van der Waals surface area contributed by atoms with Crippen LogP contribution >= 0.6 is 0 Å². The number of carboxylic acids is 1. The van der Waals surface area contributed by atoms with Crippen molar-refractivity contribution in [3.8, 4) is 17.2 Å². The van der Waals surface area contributed by atoms with Crippen molar-refractivity contribution < 1.29 is 33.7 Å². The highest BCUT2D eigenvalue weighted by Crippen LogP contribution is 2.20. The fraction of sp³-hybridized carbons (Fsp3) is 0.324. The van der Waals surface area contributed by atoms with Gasteiger partial charge in [0.15, 0.2) is 0 Å². The van der Waals surface area contributed by atoms with E-state index in [0.717, 1.165) is 24.0 Å². The van der Waals surface area contributed by atoms with Gasteiger partial charge in [-0.25, -0.2) is 4.79 Å². The van der Waals surface area contributed by atoms with Gasteiger partial charge in [0.25, 0.3) is 0 Å². The first kappa shape index (κ1) is 32.7. The molecule has 0 aliphatic carbocycles. The Labute approximate surface area is 252 Å². The maximum atomic E-state index is 12.8. The Balaban J connectivity index is 1.58. The van der Waals surface area contributed by atoms with Crippen LogP contribution in [0.4, 0.5) is 0 Å². The highest BCUT2D eigenvalue weighted by Gasteiger charge is 2.21. The van der Waals surface area contributed by atoms with Crippen molar-refractivity contribution in [3.05, 3.63) is 96.1 Å². The third kappa shape index (κ3) is 11.2. The number of esters is 1. The van der Waals surface area contributed by atoms with Crippen LogP contribution in [0.2, 0.25) is 0 Å². The summed E-state index contributed by atoms with van der Waals surface area (Å²) in [6, 6.07) is 20.0. The van der Waals surface area contributed by atoms with E-state index in [4.69, 9.17) is 19.3 Å². The van der Waals surface area contributed by atoms with Crippen LogP contribution in [-0.4, -0.2) is 49.3 Å². The molecule has 0 radical (unpaired) electrons. The van der Waals surface area contributed by atoms with Gasteiger partial charge in [-0.2, -0.15) is 0 Å². The molecule has 0 saturated carbocycles. The highest BCUT2D eigenvalue weighted by atomic mass is 16.5. The van der Waals surface area contributed by atoms with Gasteiger partial charge in [-0.1, -0.05) is 51.3 Å². The molecular weight excluding hydrogens is 548 g/mol. The number of nitrogens with one attached hydrogen (secondary N) is 2. The summed E-state index contributed by atoms with van der Waals surface area (Å²) in [4.78, 5) is 36.5. The zero-order valence-corrected chi connectivity index (χ0v) is 24.8. The van der Waals surface area contributed by atoms with Crippen LogP contribution in [0, 0.1) is 0 Å². The zero-order valence-electron chi connectivity index (χ0n) is 24.8. The maximum absolute atomic E-state index is 12.8. The van der Waals surface area contributed by atoms with Crippen LogP contribution in [0.25, 0.3) is 5.70 Å². The molecule has 0 fully saturated rings. The Kier molecular flexibility index (Phi) is 13.1. The second kappa shape index (κ2) is 17.2. The summed E-state index contributed by atoms with van der Waals surface area (Å²) in [7, 11) is 1.57. The molecule has 0 spiro atoms. The minimum Gasteiger partial charge on any atom is -0.497 e. The van der Waals surface area contributed by atoms with E-state index in [1.165, 1.54) is 19.3 Å². The molecule has 9 heteroatoms.